The fourth-order valence-electron chi connectivity index (χ4n) is 2.06. The smallest absolute Gasteiger partial charge is 0.243 e. The fourth-order valence-corrected chi connectivity index (χ4v) is 2.25. The summed E-state index contributed by atoms with van der Waals surface area (Å²) < 4.78 is 0. The number of carbonyl (C=O) groups is 2. The third-order valence-electron chi connectivity index (χ3n) is 3.39. The van der Waals surface area contributed by atoms with E-state index in [-0.39, 0.29) is 18.4 Å². The van der Waals surface area contributed by atoms with Crippen LogP contribution in [-0.2, 0) is 9.59 Å². The Labute approximate surface area is 146 Å². The minimum Gasteiger partial charge on any atom is -0.376 e. The van der Waals surface area contributed by atoms with E-state index < -0.39 is 0 Å². The summed E-state index contributed by atoms with van der Waals surface area (Å²) in [4.78, 5) is 23.6. The maximum Gasteiger partial charge on any atom is 0.243 e. The molecular weight excluding hydrogens is 326 g/mol. The number of amides is 2. The van der Waals surface area contributed by atoms with Crippen molar-refractivity contribution in [3.63, 3.8) is 0 Å². The largest absolute Gasteiger partial charge is 0.376 e. The normalized spacial score (nSPS) is 10.1. The van der Waals surface area contributed by atoms with Crippen molar-refractivity contribution in [3.8, 4) is 0 Å². The van der Waals surface area contributed by atoms with Gasteiger partial charge in [-0.1, -0.05) is 30.7 Å². The molecule has 5 nitrogen and oxygen atoms in total. The van der Waals surface area contributed by atoms with Crippen molar-refractivity contribution in [1.82, 2.24) is 0 Å². The van der Waals surface area contributed by atoms with Gasteiger partial charge in [0.05, 0.1) is 6.54 Å². The first-order valence-corrected chi connectivity index (χ1v) is 8.05. The molecule has 2 rings (SSSR count). The maximum atomic E-state index is 12.1. The molecule has 0 heterocycles. The molecule has 0 radical (unpaired) electrons. The average Bonchev–Trinajstić information content (AvgIpc) is 2.56. The molecule has 6 heteroatoms. The molecule has 0 aromatic heterocycles. The Kier molecular flexibility index (Phi) is 6.21. The van der Waals surface area contributed by atoms with Gasteiger partial charge in [-0.15, -0.1) is 0 Å². The molecule has 0 saturated carbocycles. The molecule has 2 aromatic rings. The van der Waals surface area contributed by atoms with E-state index in [4.69, 9.17) is 11.6 Å². The van der Waals surface area contributed by atoms with E-state index in [9.17, 15) is 9.59 Å². The van der Waals surface area contributed by atoms with Crippen molar-refractivity contribution in [2.45, 2.75) is 20.3 Å². The first-order valence-electron chi connectivity index (χ1n) is 7.67. The number of hydrogen-bond donors (Lipinski definition) is 3. The predicted octanol–water partition coefficient (Wildman–Crippen LogP) is 4.05. The lowest BCUT2D eigenvalue weighted by Crippen LogP contribution is -2.22. The summed E-state index contributed by atoms with van der Waals surface area (Å²) >= 11 is 5.90. The molecule has 0 aliphatic rings. The highest BCUT2D eigenvalue weighted by Crippen LogP contribution is 2.20. The zero-order valence-electron chi connectivity index (χ0n) is 13.7. The van der Waals surface area contributed by atoms with E-state index in [1.807, 2.05) is 25.1 Å². The first kappa shape index (κ1) is 17.8. The lowest BCUT2D eigenvalue weighted by molar-refractivity contribution is -0.116. The Morgan fingerprint density at radius 1 is 1.00 bits per heavy atom. The lowest BCUT2D eigenvalue weighted by Gasteiger charge is -2.12. The lowest BCUT2D eigenvalue weighted by atomic mass is 10.1. The van der Waals surface area contributed by atoms with Gasteiger partial charge in [-0.2, -0.15) is 0 Å². The Morgan fingerprint density at radius 2 is 1.79 bits per heavy atom. The standard InChI is InChI=1S/C18H20ClN3O2/c1-3-17(23)22-16-10-15(8-7-12(16)2)21-18(24)11-20-14-6-4-5-13(19)9-14/h4-10,20H,3,11H2,1-2H3,(H,21,24)(H,22,23). The molecule has 2 amide bonds. The molecule has 126 valence electrons. The highest BCUT2D eigenvalue weighted by atomic mass is 35.5. The van der Waals surface area contributed by atoms with Gasteiger partial charge in [-0.25, -0.2) is 0 Å². The molecule has 0 aliphatic carbocycles. The van der Waals surface area contributed by atoms with Crippen molar-refractivity contribution in [2.24, 2.45) is 0 Å². The van der Waals surface area contributed by atoms with Crippen LogP contribution in [0.1, 0.15) is 18.9 Å². The highest BCUT2D eigenvalue weighted by molar-refractivity contribution is 6.30. The molecule has 0 spiro atoms. The van der Waals surface area contributed by atoms with Gasteiger partial charge in [0.1, 0.15) is 0 Å². The van der Waals surface area contributed by atoms with Crippen LogP contribution in [0.3, 0.4) is 0 Å². The molecule has 0 saturated heterocycles. The summed E-state index contributed by atoms with van der Waals surface area (Å²) in [6.07, 6.45) is 0.402. The van der Waals surface area contributed by atoms with Crippen molar-refractivity contribution in [2.75, 3.05) is 22.5 Å². The SMILES string of the molecule is CCC(=O)Nc1cc(NC(=O)CNc2cccc(Cl)c2)ccc1C. The molecule has 2 aromatic carbocycles. The van der Waals surface area contributed by atoms with Crippen molar-refractivity contribution in [1.29, 1.82) is 0 Å². The number of benzene rings is 2. The first-order chi connectivity index (χ1) is 11.5. The van der Waals surface area contributed by atoms with Gasteiger partial charge in [0, 0.05) is 28.5 Å². The Hall–Kier alpha value is -2.53. The van der Waals surface area contributed by atoms with Crippen molar-refractivity contribution < 1.29 is 9.59 Å². The van der Waals surface area contributed by atoms with Crippen LogP contribution in [0.25, 0.3) is 0 Å². The number of rotatable bonds is 6. The number of hydrogen-bond acceptors (Lipinski definition) is 3. The second-order valence-electron chi connectivity index (χ2n) is 5.34. The van der Waals surface area contributed by atoms with E-state index >= 15 is 0 Å². The second kappa shape index (κ2) is 8.36. The summed E-state index contributed by atoms with van der Waals surface area (Å²) in [7, 11) is 0. The Balaban J connectivity index is 1.96. The number of carbonyl (C=O) groups excluding carboxylic acids is 2. The van der Waals surface area contributed by atoms with Crippen LogP contribution in [0.5, 0.6) is 0 Å². The third-order valence-corrected chi connectivity index (χ3v) is 3.63. The van der Waals surface area contributed by atoms with Crippen LogP contribution in [0.15, 0.2) is 42.5 Å². The minimum atomic E-state index is -0.188. The predicted molar refractivity (Wildman–Crippen MR) is 98.7 cm³/mol. The number of nitrogens with one attached hydrogen (secondary N) is 3. The van der Waals surface area contributed by atoms with E-state index in [0.717, 1.165) is 11.3 Å². The highest BCUT2D eigenvalue weighted by Gasteiger charge is 2.07. The average molecular weight is 346 g/mol. The topological polar surface area (TPSA) is 70.2 Å². The van der Waals surface area contributed by atoms with Gasteiger partial charge in [-0.3, -0.25) is 9.59 Å². The van der Waals surface area contributed by atoms with E-state index in [2.05, 4.69) is 16.0 Å². The second-order valence-corrected chi connectivity index (χ2v) is 5.78. The van der Waals surface area contributed by atoms with Gasteiger partial charge < -0.3 is 16.0 Å². The third kappa shape index (κ3) is 5.28. The summed E-state index contributed by atoms with van der Waals surface area (Å²) in [6.45, 7) is 3.81. The minimum absolute atomic E-state index is 0.0656. The van der Waals surface area contributed by atoms with Gasteiger partial charge in [0.15, 0.2) is 0 Å². The van der Waals surface area contributed by atoms with Crippen molar-refractivity contribution >= 4 is 40.5 Å². The number of aryl methyl sites for hydroxylation is 1. The van der Waals surface area contributed by atoms with E-state index in [1.165, 1.54) is 0 Å². The van der Waals surface area contributed by atoms with Gasteiger partial charge in [0.25, 0.3) is 0 Å². The van der Waals surface area contributed by atoms with Gasteiger partial charge in [-0.05, 0) is 42.8 Å². The van der Waals surface area contributed by atoms with Crippen LogP contribution in [-0.4, -0.2) is 18.4 Å². The van der Waals surface area contributed by atoms with Crippen LogP contribution in [0.2, 0.25) is 5.02 Å². The Morgan fingerprint density at radius 3 is 2.50 bits per heavy atom. The van der Waals surface area contributed by atoms with E-state index in [1.54, 1.807) is 31.2 Å². The number of halogens is 1. The monoisotopic (exact) mass is 345 g/mol. The van der Waals surface area contributed by atoms with Crippen LogP contribution in [0.4, 0.5) is 17.1 Å². The molecule has 0 aliphatic heterocycles. The zero-order chi connectivity index (χ0) is 17.5. The molecule has 0 atom stereocenters. The van der Waals surface area contributed by atoms with Crippen molar-refractivity contribution in [3.05, 3.63) is 53.1 Å². The van der Waals surface area contributed by atoms with Gasteiger partial charge >= 0.3 is 0 Å². The maximum absolute atomic E-state index is 12.1. The van der Waals surface area contributed by atoms with Crippen LogP contribution in [0, 0.1) is 6.92 Å². The summed E-state index contributed by atoms with van der Waals surface area (Å²) in [6, 6.07) is 12.6. The van der Waals surface area contributed by atoms with Crippen LogP contribution >= 0.6 is 11.6 Å². The molecule has 3 N–H and O–H groups in total. The van der Waals surface area contributed by atoms with Gasteiger partial charge in [0.2, 0.25) is 11.8 Å². The Bertz CT molecular complexity index is 747. The quantitative estimate of drug-likeness (QED) is 0.739. The summed E-state index contributed by atoms with van der Waals surface area (Å²) in [5.74, 6) is -0.254. The molecule has 0 unspecified atom stereocenters. The molecule has 0 fully saturated rings. The molecular formula is C18H20ClN3O2. The zero-order valence-corrected chi connectivity index (χ0v) is 14.4. The summed E-state index contributed by atoms with van der Waals surface area (Å²) in [5.41, 5.74) is 3.04. The van der Waals surface area contributed by atoms with Crippen LogP contribution < -0.4 is 16.0 Å². The molecule has 0 bridgehead atoms. The molecule has 24 heavy (non-hydrogen) atoms. The number of anilines is 3. The van der Waals surface area contributed by atoms with E-state index in [0.29, 0.717) is 22.8 Å². The fraction of sp³-hybridized carbons (Fsp3) is 0.222. The summed E-state index contributed by atoms with van der Waals surface area (Å²) in [5, 5.41) is 9.23.